The van der Waals surface area contributed by atoms with Gasteiger partial charge in [0.05, 0.1) is 6.20 Å². The minimum Gasteiger partial charge on any atom is -0.325 e. The highest BCUT2D eigenvalue weighted by Gasteiger charge is 2.19. The van der Waals surface area contributed by atoms with Gasteiger partial charge in [0.25, 0.3) is 0 Å². The molecule has 2 heterocycles. The third kappa shape index (κ3) is 1.95. The van der Waals surface area contributed by atoms with Crippen molar-refractivity contribution in [2.75, 3.05) is 0 Å². The molecular weight excluding hydrogens is 248 g/mol. The number of rotatable bonds is 2. The number of carbonyl (C=O) groups is 1. The fourth-order valence-corrected chi connectivity index (χ4v) is 2.47. The standard InChI is InChI=1S/C14H13ClN2O/c15-11-6-4-10(5-7-11)14(18)12-9-16-13-3-1-2-8-17(12)13/h4-7,9H,1-3,8H2. The summed E-state index contributed by atoms with van der Waals surface area (Å²) in [6.45, 7) is 0.893. The SMILES string of the molecule is O=C(c1ccc(Cl)cc1)c1cnc2n1CCCC2. The molecule has 0 bridgehead atoms. The lowest BCUT2D eigenvalue weighted by atomic mass is 10.1. The highest BCUT2D eigenvalue weighted by atomic mass is 35.5. The Morgan fingerprint density at radius 1 is 1.22 bits per heavy atom. The molecule has 0 unspecified atom stereocenters. The van der Waals surface area contributed by atoms with Crippen LogP contribution in [0.1, 0.15) is 34.7 Å². The Morgan fingerprint density at radius 3 is 2.78 bits per heavy atom. The first-order valence-corrected chi connectivity index (χ1v) is 6.48. The van der Waals surface area contributed by atoms with Crippen LogP contribution < -0.4 is 0 Å². The molecule has 0 aliphatic carbocycles. The number of nitrogens with zero attached hydrogens (tertiary/aromatic N) is 2. The Bertz CT molecular complexity index is 586. The van der Waals surface area contributed by atoms with Crippen molar-refractivity contribution in [1.29, 1.82) is 0 Å². The first-order valence-electron chi connectivity index (χ1n) is 6.10. The molecule has 0 atom stereocenters. The molecule has 1 aromatic heterocycles. The zero-order valence-corrected chi connectivity index (χ0v) is 10.7. The van der Waals surface area contributed by atoms with Gasteiger partial charge in [-0.1, -0.05) is 11.6 Å². The van der Waals surface area contributed by atoms with Gasteiger partial charge in [-0.25, -0.2) is 4.98 Å². The van der Waals surface area contributed by atoms with Crippen molar-refractivity contribution >= 4 is 17.4 Å². The summed E-state index contributed by atoms with van der Waals surface area (Å²) in [5.41, 5.74) is 1.35. The van der Waals surface area contributed by atoms with Crippen LogP contribution in [0.25, 0.3) is 0 Å². The Labute approximate surface area is 110 Å². The molecule has 0 radical (unpaired) electrons. The average Bonchev–Trinajstić information content (AvgIpc) is 2.82. The van der Waals surface area contributed by atoms with E-state index in [1.807, 2.05) is 4.57 Å². The van der Waals surface area contributed by atoms with Crippen molar-refractivity contribution in [3.63, 3.8) is 0 Å². The molecule has 1 aromatic carbocycles. The van der Waals surface area contributed by atoms with Gasteiger partial charge in [-0.3, -0.25) is 4.79 Å². The second-order valence-corrected chi connectivity index (χ2v) is 4.94. The van der Waals surface area contributed by atoms with Crippen LogP contribution in [0, 0.1) is 0 Å². The van der Waals surface area contributed by atoms with E-state index in [-0.39, 0.29) is 5.78 Å². The van der Waals surface area contributed by atoms with Crippen LogP contribution in [-0.2, 0) is 13.0 Å². The maximum atomic E-state index is 12.4. The third-order valence-electron chi connectivity index (χ3n) is 3.31. The first kappa shape index (κ1) is 11.5. The third-order valence-corrected chi connectivity index (χ3v) is 3.56. The summed E-state index contributed by atoms with van der Waals surface area (Å²) >= 11 is 5.83. The van der Waals surface area contributed by atoms with Crippen LogP contribution in [0.3, 0.4) is 0 Å². The number of ketones is 1. The Balaban J connectivity index is 1.97. The van der Waals surface area contributed by atoms with Gasteiger partial charge in [0.2, 0.25) is 5.78 Å². The number of fused-ring (bicyclic) bond motifs is 1. The average molecular weight is 261 g/mol. The van der Waals surface area contributed by atoms with Crippen LogP contribution in [0.15, 0.2) is 30.5 Å². The van der Waals surface area contributed by atoms with E-state index < -0.39 is 0 Å². The molecule has 4 heteroatoms. The maximum Gasteiger partial charge on any atom is 0.211 e. The molecular formula is C14H13ClN2O. The molecule has 1 aliphatic heterocycles. The largest absolute Gasteiger partial charge is 0.325 e. The Hall–Kier alpha value is -1.61. The lowest BCUT2D eigenvalue weighted by Gasteiger charge is -2.15. The van der Waals surface area contributed by atoms with E-state index >= 15 is 0 Å². The van der Waals surface area contributed by atoms with Crippen LogP contribution in [0.4, 0.5) is 0 Å². The first-order chi connectivity index (χ1) is 8.75. The van der Waals surface area contributed by atoms with Crippen molar-refractivity contribution in [3.05, 3.63) is 52.6 Å². The molecule has 3 rings (SSSR count). The quantitative estimate of drug-likeness (QED) is 0.778. The minimum absolute atomic E-state index is 0.0207. The predicted octanol–water partition coefficient (Wildman–Crippen LogP) is 3.10. The smallest absolute Gasteiger partial charge is 0.211 e. The molecule has 0 fully saturated rings. The number of halogens is 1. The Kier molecular flexibility index (Phi) is 2.92. The molecule has 92 valence electrons. The molecule has 3 nitrogen and oxygen atoms in total. The number of aromatic nitrogens is 2. The van der Waals surface area contributed by atoms with Crippen molar-refractivity contribution in [2.24, 2.45) is 0 Å². The van der Waals surface area contributed by atoms with Crippen molar-refractivity contribution in [3.8, 4) is 0 Å². The van der Waals surface area contributed by atoms with Gasteiger partial charge in [0.15, 0.2) is 0 Å². The summed E-state index contributed by atoms with van der Waals surface area (Å²) in [4.78, 5) is 16.7. The number of hydrogen-bond acceptors (Lipinski definition) is 2. The second-order valence-electron chi connectivity index (χ2n) is 4.50. The van der Waals surface area contributed by atoms with Gasteiger partial charge in [-0.05, 0) is 37.1 Å². The Morgan fingerprint density at radius 2 is 2.00 bits per heavy atom. The number of imidazole rings is 1. The van der Waals surface area contributed by atoms with E-state index in [4.69, 9.17) is 11.6 Å². The van der Waals surface area contributed by atoms with E-state index in [0.29, 0.717) is 16.3 Å². The second kappa shape index (κ2) is 4.58. The summed E-state index contributed by atoms with van der Waals surface area (Å²) in [5.74, 6) is 1.05. The summed E-state index contributed by atoms with van der Waals surface area (Å²) < 4.78 is 2.04. The van der Waals surface area contributed by atoms with E-state index in [0.717, 1.165) is 31.6 Å². The van der Waals surface area contributed by atoms with Gasteiger partial charge in [-0.15, -0.1) is 0 Å². The fourth-order valence-electron chi connectivity index (χ4n) is 2.35. The zero-order chi connectivity index (χ0) is 12.5. The number of aryl methyl sites for hydroxylation is 1. The van der Waals surface area contributed by atoms with Gasteiger partial charge in [-0.2, -0.15) is 0 Å². The highest BCUT2D eigenvalue weighted by molar-refractivity contribution is 6.30. The molecule has 18 heavy (non-hydrogen) atoms. The van der Waals surface area contributed by atoms with E-state index in [1.165, 1.54) is 0 Å². The minimum atomic E-state index is 0.0207. The lowest BCUT2D eigenvalue weighted by Crippen LogP contribution is -2.16. The van der Waals surface area contributed by atoms with E-state index in [2.05, 4.69) is 4.98 Å². The lowest BCUT2D eigenvalue weighted by molar-refractivity contribution is 0.102. The van der Waals surface area contributed by atoms with Crippen LogP contribution in [0.5, 0.6) is 0 Å². The van der Waals surface area contributed by atoms with Gasteiger partial charge < -0.3 is 4.57 Å². The van der Waals surface area contributed by atoms with Crippen molar-refractivity contribution in [2.45, 2.75) is 25.8 Å². The van der Waals surface area contributed by atoms with Crippen molar-refractivity contribution in [1.82, 2.24) is 9.55 Å². The summed E-state index contributed by atoms with van der Waals surface area (Å²) in [5, 5.41) is 0.641. The maximum absolute atomic E-state index is 12.4. The summed E-state index contributed by atoms with van der Waals surface area (Å²) in [6.07, 6.45) is 4.93. The summed E-state index contributed by atoms with van der Waals surface area (Å²) in [7, 11) is 0. The molecule has 0 N–H and O–H groups in total. The molecule has 0 saturated carbocycles. The number of hydrogen-bond donors (Lipinski definition) is 0. The molecule has 2 aromatic rings. The highest BCUT2D eigenvalue weighted by Crippen LogP contribution is 2.19. The zero-order valence-electron chi connectivity index (χ0n) is 9.90. The van der Waals surface area contributed by atoms with Gasteiger partial charge >= 0.3 is 0 Å². The predicted molar refractivity (Wildman–Crippen MR) is 70.0 cm³/mol. The molecule has 0 saturated heterocycles. The van der Waals surface area contributed by atoms with E-state index in [9.17, 15) is 4.79 Å². The van der Waals surface area contributed by atoms with Crippen LogP contribution >= 0.6 is 11.6 Å². The summed E-state index contributed by atoms with van der Waals surface area (Å²) in [6, 6.07) is 6.99. The van der Waals surface area contributed by atoms with Crippen LogP contribution in [0.2, 0.25) is 5.02 Å². The monoisotopic (exact) mass is 260 g/mol. The normalized spacial score (nSPS) is 14.3. The van der Waals surface area contributed by atoms with Gasteiger partial charge in [0, 0.05) is 23.6 Å². The fraction of sp³-hybridized carbons (Fsp3) is 0.286. The molecule has 1 aliphatic rings. The van der Waals surface area contributed by atoms with Crippen LogP contribution in [-0.4, -0.2) is 15.3 Å². The topological polar surface area (TPSA) is 34.9 Å². The number of carbonyl (C=O) groups excluding carboxylic acids is 1. The van der Waals surface area contributed by atoms with Crippen molar-refractivity contribution < 1.29 is 4.79 Å². The van der Waals surface area contributed by atoms with E-state index in [1.54, 1.807) is 30.5 Å². The van der Waals surface area contributed by atoms with Gasteiger partial charge in [0.1, 0.15) is 11.5 Å². The molecule has 0 amide bonds. The molecule has 0 spiro atoms. The number of benzene rings is 1.